The van der Waals surface area contributed by atoms with Crippen molar-refractivity contribution in [2.45, 2.75) is 38.6 Å². The van der Waals surface area contributed by atoms with Crippen molar-refractivity contribution >= 4 is 10.9 Å². The van der Waals surface area contributed by atoms with Gasteiger partial charge in [0, 0.05) is 48.4 Å². The van der Waals surface area contributed by atoms with E-state index in [0.29, 0.717) is 0 Å². The molecule has 31 heavy (non-hydrogen) atoms. The maximum atomic E-state index is 4.59. The van der Waals surface area contributed by atoms with Crippen LogP contribution in [0.25, 0.3) is 10.9 Å². The van der Waals surface area contributed by atoms with Crippen LogP contribution in [-0.4, -0.2) is 29.7 Å². The van der Waals surface area contributed by atoms with E-state index in [1.807, 2.05) is 12.3 Å². The number of aromatic nitrogens is 6. The van der Waals surface area contributed by atoms with Crippen molar-refractivity contribution in [3.63, 3.8) is 0 Å². The first-order valence-corrected chi connectivity index (χ1v) is 10.8. The van der Waals surface area contributed by atoms with Gasteiger partial charge < -0.3 is 14.5 Å². The van der Waals surface area contributed by atoms with E-state index >= 15 is 0 Å². The van der Waals surface area contributed by atoms with Gasteiger partial charge in [0.25, 0.3) is 0 Å². The highest BCUT2D eigenvalue weighted by Crippen LogP contribution is 2.20. The lowest BCUT2D eigenvalue weighted by atomic mass is 10.1. The van der Waals surface area contributed by atoms with Gasteiger partial charge in [-0.15, -0.1) is 10.2 Å². The minimum absolute atomic E-state index is 0.797. The SMILES string of the molecule is c1ccc(Cc2nnc(CCc3c[nH]c4ccccc34)n2CCCc2cnc[nH]2)cc1. The molecule has 0 unspecified atom stereocenters. The van der Waals surface area contributed by atoms with Gasteiger partial charge >= 0.3 is 0 Å². The molecule has 0 spiro atoms. The Kier molecular flexibility index (Phi) is 5.60. The van der Waals surface area contributed by atoms with Crippen LogP contribution in [0.2, 0.25) is 0 Å². The van der Waals surface area contributed by atoms with Gasteiger partial charge in [-0.05, 0) is 36.5 Å². The number of hydrogen-bond acceptors (Lipinski definition) is 3. The first kappa shape index (κ1) is 19.3. The molecule has 6 heteroatoms. The van der Waals surface area contributed by atoms with Crippen LogP contribution >= 0.6 is 0 Å². The molecule has 0 saturated heterocycles. The van der Waals surface area contributed by atoms with Crippen molar-refractivity contribution in [2.75, 3.05) is 0 Å². The summed E-state index contributed by atoms with van der Waals surface area (Å²) in [5, 5.41) is 10.5. The first-order valence-electron chi connectivity index (χ1n) is 10.8. The molecular formula is C25H26N6. The Morgan fingerprint density at radius 1 is 0.806 bits per heavy atom. The summed E-state index contributed by atoms with van der Waals surface area (Å²) in [6.45, 7) is 0.900. The lowest BCUT2D eigenvalue weighted by Gasteiger charge is -2.10. The topological polar surface area (TPSA) is 75.2 Å². The summed E-state index contributed by atoms with van der Waals surface area (Å²) < 4.78 is 2.32. The maximum Gasteiger partial charge on any atom is 0.137 e. The quantitative estimate of drug-likeness (QED) is 0.376. The molecule has 3 heterocycles. The van der Waals surface area contributed by atoms with Gasteiger partial charge in [-0.3, -0.25) is 0 Å². The number of para-hydroxylation sites is 1. The van der Waals surface area contributed by atoms with Crippen molar-refractivity contribution in [3.05, 3.63) is 102 Å². The van der Waals surface area contributed by atoms with Crippen molar-refractivity contribution in [2.24, 2.45) is 0 Å². The van der Waals surface area contributed by atoms with E-state index in [0.717, 1.165) is 56.0 Å². The molecule has 0 bridgehead atoms. The second-order valence-electron chi connectivity index (χ2n) is 7.89. The number of nitrogens with one attached hydrogen (secondary N) is 2. The Morgan fingerprint density at radius 2 is 1.65 bits per heavy atom. The van der Waals surface area contributed by atoms with E-state index in [-0.39, 0.29) is 0 Å². The average molecular weight is 411 g/mol. The van der Waals surface area contributed by atoms with E-state index in [1.165, 1.54) is 22.0 Å². The van der Waals surface area contributed by atoms with E-state index < -0.39 is 0 Å². The smallest absolute Gasteiger partial charge is 0.137 e. The van der Waals surface area contributed by atoms with Crippen LogP contribution in [0.4, 0.5) is 0 Å². The fraction of sp³-hybridized carbons (Fsp3) is 0.240. The van der Waals surface area contributed by atoms with Gasteiger partial charge in [0.05, 0.1) is 6.33 Å². The molecule has 156 valence electrons. The van der Waals surface area contributed by atoms with Crippen LogP contribution in [0.1, 0.15) is 34.9 Å². The third-order valence-electron chi connectivity index (χ3n) is 5.78. The van der Waals surface area contributed by atoms with Crippen LogP contribution in [0, 0.1) is 0 Å². The van der Waals surface area contributed by atoms with Crippen molar-refractivity contribution in [1.82, 2.24) is 29.7 Å². The number of fused-ring (bicyclic) bond motifs is 1. The molecule has 6 nitrogen and oxygen atoms in total. The standard InChI is InChI=1S/C25H26N6/c1-2-7-19(8-3-1)15-25-30-29-24(31(25)14-6-9-21-17-26-18-28-21)13-12-20-16-27-23-11-5-4-10-22(20)23/h1-5,7-8,10-11,16-18,27H,6,9,12-15H2,(H,26,28). The highest BCUT2D eigenvalue weighted by atomic mass is 15.3. The Balaban J connectivity index is 1.34. The summed E-state index contributed by atoms with van der Waals surface area (Å²) in [5.41, 5.74) is 4.93. The van der Waals surface area contributed by atoms with E-state index in [9.17, 15) is 0 Å². The number of imidazole rings is 1. The van der Waals surface area contributed by atoms with Crippen LogP contribution in [0.3, 0.4) is 0 Å². The summed E-state index contributed by atoms with van der Waals surface area (Å²) in [6, 6.07) is 18.9. The zero-order valence-corrected chi connectivity index (χ0v) is 17.5. The van der Waals surface area contributed by atoms with Crippen molar-refractivity contribution < 1.29 is 0 Å². The van der Waals surface area contributed by atoms with Crippen LogP contribution in [0.15, 0.2) is 73.3 Å². The molecule has 0 radical (unpaired) electrons. The normalized spacial score (nSPS) is 11.4. The highest BCUT2D eigenvalue weighted by molar-refractivity contribution is 5.83. The van der Waals surface area contributed by atoms with Crippen molar-refractivity contribution in [3.8, 4) is 0 Å². The summed E-state index contributed by atoms with van der Waals surface area (Å²) in [5.74, 6) is 2.09. The molecule has 0 atom stereocenters. The molecule has 2 aromatic carbocycles. The number of H-pyrrole nitrogens is 2. The highest BCUT2D eigenvalue weighted by Gasteiger charge is 2.14. The van der Waals surface area contributed by atoms with Crippen LogP contribution in [0.5, 0.6) is 0 Å². The van der Waals surface area contributed by atoms with Gasteiger partial charge in [-0.1, -0.05) is 48.5 Å². The number of aromatic amines is 2. The van der Waals surface area contributed by atoms with Gasteiger partial charge in [-0.2, -0.15) is 0 Å². The van der Waals surface area contributed by atoms with Gasteiger partial charge in [0.2, 0.25) is 0 Å². The lowest BCUT2D eigenvalue weighted by molar-refractivity contribution is 0.585. The number of hydrogen-bond donors (Lipinski definition) is 2. The number of aryl methyl sites for hydroxylation is 3. The summed E-state index contributed by atoms with van der Waals surface area (Å²) in [7, 11) is 0. The molecule has 0 fully saturated rings. The number of benzene rings is 2. The molecular weight excluding hydrogens is 384 g/mol. The molecule has 0 aliphatic carbocycles. The predicted octanol–water partition coefficient (Wildman–Crippen LogP) is 4.49. The van der Waals surface area contributed by atoms with E-state index in [2.05, 4.69) is 84.4 Å². The predicted molar refractivity (Wildman–Crippen MR) is 122 cm³/mol. The molecule has 0 saturated carbocycles. The molecule has 5 aromatic rings. The largest absolute Gasteiger partial charge is 0.361 e. The number of rotatable bonds is 9. The third-order valence-corrected chi connectivity index (χ3v) is 5.78. The Bertz CT molecular complexity index is 1230. The zero-order chi connectivity index (χ0) is 20.9. The van der Waals surface area contributed by atoms with E-state index in [1.54, 1.807) is 6.33 Å². The minimum Gasteiger partial charge on any atom is -0.361 e. The summed E-state index contributed by atoms with van der Waals surface area (Å²) in [4.78, 5) is 10.7. The maximum absolute atomic E-state index is 4.59. The fourth-order valence-electron chi connectivity index (χ4n) is 4.16. The summed E-state index contributed by atoms with van der Waals surface area (Å²) >= 11 is 0. The van der Waals surface area contributed by atoms with Crippen LogP contribution in [-0.2, 0) is 32.2 Å². The van der Waals surface area contributed by atoms with Gasteiger partial charge in [0.15, 0.2) is 0 Å². The lowest BCUT2D eigenvalue weighted by Crippen LogP contribution is -2.10. The third kappa shape index (κ3) is 4.43. The van der Waals surface area contributed by atoms with Gasteiger partial charge in [0.1, 0.15) is 11.6 Å². The van der Waals surface area contributed by atoms with Gasteiger partial charge in [-0.25, -0.2) is 4.98 Å². The van der Waals surface area contributed by atoms with Crippen molar-refractivity contribution in [1.29, 1.82) is 0 Å². The monoisotopic (exact) mass is 410 g/mol. The zero-order valence-electron chi connectivity index (χ0n) is 17.5. The molecule has 3 aromatic heterocycles. The molecule has 2 N–H and O–H groups in total. The average Bonchev–Trinajstić information content (AvgIpc) is 3.55. The molecule has 0 amide bonds. The Morgan fingerprint density at radius 3 is 2.52 bits per heavy atom. The summed E-state index contributed by atoms with van der Waals surface area (Å²) in [6.07, 6.45) is 10.3. The molecule has 5 rings (SSSR count). The second kappa shape index (κ2) is 9.00. The van der Waals surface area contributed by atoms with E-state index in [4.69, 9.17) is 0 Å². The molecule has 0 aliphatic heterocycles. The molecule has 0 aliphatic rings. The fourth-order valence-corrected chi connectivity index (χ4v) is 4.16. The Labute approximate surface area is 181 Å². The minimum atomic E-state index is 0.797. The Hall–Kier alpha value is -3.67. The van der Waals surface area contributed by atoms with Crippen LogP contribution < -0.4 is 0 Å². The second-order valence-corrected chi connectivity index (χ2v) is 7.89. The first-order chi connectivity index (χ1) is 15.4. The number of nitrogens with zero attached hydrogens (tertiary/aromatic N) is 4.